The first-order chi connectivity index (χ1) is 16.7. The Labute approximate surface area is 206 Å². The van der Waals surface area contributed by atoms with Gasteiger partial charge in [0.15, 0.2) is 0 Å². The number of aromatic nitrogens is 3. The smallest absolute Gasteiger partial charge is 0.250 e. The molecule has 10 nitrogen and oxygen atoms in total. The highest BCUT2D eigenvalue weighted by Gasteiger charge is 2.20. The van der Waals surface area contributed by atoms with Gasteiger partial charge in [0.2, 0.25) is 17.8 Å². The number of hydrazone groups is 1. The summed E-state index contributed by atoms with van der Waals surface area (Å²) in [7, 11) is 0. The third-order valence-corrected chi connectivity index (χ3v) is 6.08. The van der Waals surface area contributed by atoms with Gasteiger partial charge >= 0.3 is 0 Å². The number of rotatable bonds is 6. The Bertz CT molecular complexity index is 1120. The van der Waals surface area contributed by atoms with Crippen LogP contribution in [0.5, 0.6) is 0 Å². The molecule has 12 heteroatoms. The zero-order valence-electron chi connectivity index (χ0n) is 18.3. The molecule has 2 aromatic heterocycles. The summed E-state index contributed by atoms with van der Waals surface area (Å²) in [6, 6.07) is 8.98. The number of benzene rings is 1. The van der Waals surface area contributed by atoms with Crippen LogP contribution >= 0.6 is 23.2 Å². The summed E-state index contributed by atoms with van der Waals surface area (Å²) >= 11 is 12.1. The average Bonchev–Trinajstić information content (AvgIpc) is 3.35. The van der Waals surface area contributed by atoms with Gasteiger partial charge in [0.1, 0.15) is 18.3 Å². The highest BCUT2D eigenvalue weighted by Crippen LogP contribution is 2.29. The number of nitrogens with one attached hydrogen (secondary N) is 1. The summed E-state index contributed by atoms with van der Waals surface area (Å²) in [5.74, 6) is 2.68. The zero-order valence-corrected chi connectivity index (χ0v) is 19.8. The van der Waals surface area contributed by atoms with Gasteiger partial charge in [-0.1, -0.05) is 23.2 Å². The third kappa shape index (κ3) is 5.41. The first kappa shape index (κ1) is 22.9. The van der Waals surface area contributed by atoms with E-state index >= 15 is 0 Å². The summed E-state index contributed by atoms with van der Waals surface area (Å²) in [6.07, 6.45) is 2.47. The second-order valence-corrected chi connectivity index (χ2v) is 8.53. The quantitative estimate of drug-likeness (QED) is 0.396. The average molecular weight is 504 g/mol. The summed E-state index contributed by atoms with van der Waals surface area (Å²) in [6.45, 7) is 4.70. The summed E-state index contributed by atoms with van der Waals surface area (Å²) < 4.78 is 16.9. The number of anilines is 3. The Morgan fingerprint density at radius 3 is 2.47 bits per heavy atom. The molecule has 178 valence electrons. The minimum atomic E-state index is 0.338. The van der Waals surface area contributed by atoms with E-state index in [1.165, 1.54) is 0 Å². The van der Waals surface area contributed by atoms with Crippen molar-refractivity contribution in [2.75, 3.05) is 61.4 Å². The summed E-state index contributed by atoms with van der Waals surface area (Å²) in [5, 5.41) is 5.22. The van der Waals surface area contributed by atoms with Crippen molar-refractivity contribution in [1.82, 2.24) is 15.0 Å². The third-order valence-electron chi connectivity index (χ3n) is 5.34. The molecule has 0 saturated carbocycles. The van der Waals surface area contributed by atoms with E-state index in [-0.39, 0.29) is 0 Å². The number of ether oxygens (including phenoxy) is 2. The fraction of sp³-hybridized carbons (Fsp3) is 0.364. The topological polar surface area (TPSA) is 101 Å². The highest BCUT2D eigenvalue weighted by molar-refractivity contribution is 6.42. The predicted octanol–water partition coefficient (Wildman–Crippen LogP) is 3.91. The number of furan rings is 1. The summed E-state index contributed by atoms with van der Waals surface area (Å²) in [4.78, 5) is 17.8. The Balaban J connectivity index is 1.33. The largest absolute Gasteiger partial charge is 0.455 e. The van der Waals surface area contributed by atoms with E-state index in [4.69, 9.17) is 37.1 Å². The molecule has 2 fully saturated rings. The van der Waals surface area contributed by atoms with Crippen molar-refractivity contribution in [1.29, 1.82) is 0 Å². The van der Waals surface area contributed by atoms with Crippen molar-refractivity contribution in [3.8, 4) is 11.3 Å². The van der Waals surface area contributed by atoms with Crippen LogP contribution in [0.15, 0.2) is 39.9 Å². The Hall–Kier alpha value is -2.92. The van der Waals surface area contributed by atoms with Crippen molar-refractivity contribution in [2.24, 2.45) is 5.10 Å². The summed E-state index contributed by atoms with van der Waals surface area (Å²) in [5.41, 5.74) is 3.72. The molecular weight excluding hydrogens is 481 g/mol. The maximum Gasteiger partial charge on any atom is 0.250 e. The lowest BCUT2D eigenvalue weighted by Gasteiger charge is -2.30. The van der Waals surface area contributed by atoms with Crippen LogP contribution < -0.4 is 15.2 Å². The van der Waals surface area contributed by atoms with Gasteiger partial charge in [0.05, 0.1) is 36.1 Å². The lowest BCUT2D eigenvalue weighted by Crippen LogP contribution is -2.39. The Kier molecular flexibility index (Phi) is 7.10. The van der Waals surface area contributed by atoms with Crippen LogP contribution in [0.3, 0.4) is 0 Å². The molecule has 1 N–H and O–H groups in total. The molecule has 0 radical (unpaired) electrons. The molecular formula is C22H23Cl2N7O3. The van der Waals surface area contributed by atoms with Crippen LogP contribution in [-0.2, 0) is 9.47 Å². The predicted molar refractivity (Wildman–Crippen MR) is 131 cm³/mol. The van der Waals surface area contributed by atoms with E-state index in [9.17, 15) is 0 Å². The first-order valence-corrected chi connectivity index (χ1v) is 11.7. The normalized spacial score (nSPS) is 16.9. The standard InChI is InChI=1S/C22H23Cl2N7O3/c23-17-4-2-15(12-18(17)24)19-5-3-16(34-19)13-25-29-20-26-21(30-7-10-32-11-8-30)28-22(27-20)31-6-1-9-33-14-31/h2-5,12-13H,1,6-11,14H2,(H,26,27,28,29)/b25-13-. The van der Waals surface area contributed by atoms with E-state index in [2.05, 4.69) is 30.4 Å². The van der Waals surface area contributed by atoms with Gasteiger partial charge in [0.25, 0.3) is 0 Å². The molecule has 0 atom stereocenters. The van der Waals surface area contributed by atoms with Gasteiger partial charge in [-0.2, -0.15) is 20.1 Å². The lowest BCUT2D eigenvalue weighted by molar-refractivity contribution is 0.106. The molecule has 0 amide bonds. The Morgan fingerprint density at radius 2 is 1.71 bits per heavy atom. The molecule has 5 rings (SSSR count). The molecule has 0 bridgehead atoms. The number of hydrogen-bond donors (Lipinski definition) is 1. The molecule has 4 heterocycles. The molecule has 34 heavy (non-hydrogen) atoms. The van der Waals surface area contributed by atoms with Gasteiger partial charge in [-0.3, -0.25) is 0 Å². The maximum atomic E-state index is 6.11. The number of morpholine rings is 1. The molecule has 2 aliphatic heterocycles. The zero-order chi connectivity index (χ0) is 23.3. The molecule has 0 spiro atoms. The van der Waals surface area contributed by atoms with Crippen molar-refractivity contribution in [2.45, 2.75) is 6.42 Å². The van der Waals surface area contributed by atoms with E-state index in [1.807, 2.05) is 23.1 Å². The molecule has 3 aromatic rings. The monoisotopic (exact) mass is 503 g/mol. The van der Waals surface area contributed by atoms with Gasteiger partial charge in [-0.15, -0.1) is 0 Å². The van der Waals surface area contributed by atoms with Crippen LogP contribution in [0, 0.1) is 0 Å². The van der Waals surface area contributed by atoms with E-state index < -0.39 is 0 Å². The second-order valence-electron chi connectivity index (χ2n) is 7.71. The second kappa shape index (κ2) is 10.6. The van der Waals surface area contributed by atoms with Crippen LogP contribution in [0.25, 0.3) is 11.3 Å². The lowest BCUT2D eigenvalue weighted by atomic mass is 10.2. The van der Waals surface area contributed by atoms with Gasteiger partial charge in [-0.25, -0.2) is 5.43 Å². The SMILES string of the molecule is Clc1ccc(-c2ccc(/C=N\Nc3nc(N4CCOCC4)nc(N4CCCOC4)n3)o2)cc1Cl. The number of hydrogen-bond acceptors (Lipinski definition) is 10. The number of nitrogens with zero attached hydrogens (tertiary/aromatic N) is 6. The van der Waals surface area contributed by atoms with Gasteiger partial charge in [0, 0.05) is 25.2 Å². The van der Waals surface area contributed by atoms with Crippen LogP contribution in [0.4, 0.5) is 17.8 Å². The van der Waals surface area contributed by atoms with Crippen molar-refractivity contribution >= 4 is 47.3 Å². The first-order valence-electron chi connectivity index (χ1n) is 10.9. The highest BCUT2D eigenvalue weighted by atomic mass is 35.5. The van der Waals surface area contributed by atoms with E-state index in [1.54, 1.807) is 18.3 Å². The molecule has 1 aromatic carbocycles. The van der Waals surface area contributed by atoms with Crippen molar-refractivity contribution in [3.05, 3.63) is 46.1 Å². The van der Waals surface area contributed by atoms with Crippen LogP contribution in [0.2, 0.25) is 10.0 Å². The van der Waals surface area contributed by atoms with Crippen molar-refractivity contribution in [3.63, 3.8) is 0 Å². The molecule has 0 unspecified atom stereocenters. The van der Waals surface area contributed by atoms with Crippen LogP contribution in [-0.4, -0.2) is 67.4 Å². The molecule has 2 aliphatic rings. The van der Waals surface area contributed by atoms with Gasteiger partial charge in [-0.05, 0) is 36.8 Å². The maximum absolute atomic E-state index is 6.11. The van der Waals surface area contributed by atoms with E-state index in [0.717, 1.165) is 25.1 Å². The minimum absolute atomic E-state index is 0.338. The minimum Gasteiger partial charge on any atom is -0.455 e. The fourth-order valence-electron chi connectivity index (χ4n) is 3.58. The van der Waals surface area contributed by atoms with Crippen molar-refractivity contribution < 1.29 is 13.9 Å². The number of halogens is 2. The fourth-order valence-corrected chi connectivity index (χ4v) is 3.88. The molecule has 2 saturated heterocycles. The van der Waals surface area contributed by atoms with Gasteiger partial charge < -0.3 is 23.7 Å². The van der Waals surface area contributed by atoms with E-state index in [0.29, 0.717) is 72.4 Å². The van der Waals surface area contributed by atoms with Crippen LogP contribution in [0.1, 0.15) is 12.2 Å². The molecule has 0 aliphatic carbocycles. The Morgan fingerprint density at radius 1 is 0.882 bits per heavy atom.